The Labute approximate surface area is 115 Å². The van der Waals surface area contributed by atoms with Crippen molar-refractivity contribution in [3.63, 3.8) is 0 Å². The highest BCUT2D eigenvalue weighted by Crippen LogP contribution is 2.22. The molecule has 3 rings (SSSR count). The Morgan fingerprint density at radius 3 is 3.05 bits per heavy atom. The van der Waals surface area contributed by atoms with Gasteiger partial charge < -0.3 is 0 Å². The van der Waals surface area contributed by atoms with Gasteiger partial charge in [-0.25, -0.2) is 4.98 Å². The average Bonchev–Trinajstić information content (AvgIpc) is 2.89. The first-order valence-electron chi connectivity index (χ1n) is 5.91. The summed E-state index contributed by atoms with van der Waals surface area (Å²) in [5, 5.41) is 9.85. The zero-order valence-electron chi connectivity index (χ0n) is 10.2. The predicted molar refractivity (Wildman–Crippen MR) is 75.9 cm³/mol. The van der Waals surface area contributed by atoms with E-state index >= 15 is 0 Å². The summed E-state index contributed by atoms with van der Waals surface area (Å²) in [4.78, 5) is 4.41. The molecular weight excluding hydrogens is 254 g/mol. The molecule has 0 amide bonds. The van der Waals surface area contributed by atoms with Crippen LogP contribution in [-0.2, 0) is 5.75 Å². The number of imidazole rings is 1. The van der Waals surface area contributed by atoms with Gasteiger partial charge in [-0.1, -0.05) is 30.0 Å². The van der Waals surface area contributed by atoms with Gasteiger partial charge >= 0.3 is 0 Å². The van der Waals surface area contributed by atoms with E-state index in [9.17, 15) is 0 Å². The van der Waals surface area contributed by atoms with Crippen molar-refractivity contribution in [1.82, 2.24) is 9.38 Å². The maximum atomic E-state index is 8.88. The van der Waals surface area contributed by atoms with Gasteiger partial charge in [0.25, 0.3) is 0 Å². The molecule has 1 aromatic carbocycles. The van der Waals surface area contributed by atoms with Crippen LogP contribution in [0.3, 0.4) is 0 Å². The molecule has 3 nitrogen and oxygen atoms in total. The third kappa shape index (κ3) is 2.47. The number of thioether (sulfide) groups is 1. The van der Waals surface area contributed by atoms with Crippen LogP contribution >= 0.6 is 11.8 Å². The summed E-state index contributed by atoms with van der Waals surface area (Å²) in [5.41, 5.74) is 2.93. The lowest BCUT2D eigenvalue weighted by molar-refractivity contribution is 0.957. The highest BCUT2D eigenvalue weighted by molar-refractivity contribution is 7.98. The topological polar surface area (TPSA) is 41.1 Å². The molecule has 2 heterocycles. The smallest absolute Gasteiger partial charge is 0.172 e. The minimum absolute atomic E-state index is 0.700. The number of pyridine rings is 1. The number of aromatic nitrogens is 2. The molecule has 0 aliphatic rings. The molecule has 0 bridgehead atoms. The van der Waals surface area contributed by atoms with Crippen LogP contribution in [-0.4, -0.2) is 9.38 Å². The minimum atomic E-state index is 0.700. The highest BCUT2D eigenvalue weighted by Gasteiger charge is 2.04. The molecule has 92 valence electrons. The number of fused-ring (bicyclic) bond motifs is 1. The monoisotopic (exact) mass is 265 g/mol. The lowest BCUT2D eigenvalue weighted by Crippen LogP contribution is -1.88. The van der Waals surface area contributed by atoms with Crippen LogP contribution in [0.15, 0.2) is 60.0 Å². The maximum Gasteiger partial charge on any atom is 0.172 e. The average molecular weight is 265 g/mol. The SMILES string of the molecule is N#Cc1cccc(CSc2ncc3ccccn23)c1. The molecule has 3 aromatic rings. The molecule has 0 radical (unpaired) electrons. The summed E-state index contributed by atoms with van der Waals surface area (Å²) < 4.78 is 2.07. The summed E-state index contributed by atoms with van der Waals surface area (Å²) in [7, 11) is 0. The second-order valence-corrected chi connectivity index (χ2v) is 5.08. The van der Waals surface area contributed by atoms with Gasteiger partial charge in [0.15, 0.2) is 5.16 Å². The van der Waals surface area contributed by atoms with Crippen LogP contribution in [0.5, 0.6) is 0 Å². The third-order valence-electron chi connectivity index (χ3n) is 2.83. The first kappa shape index (κ1) is 11.8. The molecule has 0 aliphatic heterocycles. The first-order valence-corrected chi connectivity index (χ1v) is 6.89. The number of hydrogen-bond donors (Lipinski definition) is 0. The van der Waals surface area contributed by atoms with E-state index in [2.05, 4.69) is 15.5 Å². The molecule has 0 fully saturated rings. The Hall–Kier alpha value is -2.25. The van der Waals surface area contributed by atoms with Crippen LogP contribution in [0.1, 0.15) is 11.1 Å². The zero-order chi connectivity index (χ0) is 13.1. The van der Waals surface area contributed by atoms with E-state index < -0.39 is 0 Å². The second kappa shape index (κ2) is 5.17. The number of benzene rings is 1. The molecule has 0 saturated carbocycles. The van der Waals surface area contributed by atoms with E-state index in [1.54, 1.807) is 11.8 Å². The fourth-order valence-electron chi connectivity index (χ4n) is 1.90. The van der Waals surface area contributed by atoms with Crippen LogP contribution in [0, 0.1) is 11.3 Å². The van der Waals surface area contributed by atoms with Gasteiger partial charge in [0.05, 0.1) is 23.3 Å². The fourth-order valence-corrected chi connectivity index (χ4v) is 2.81. The Bertz CT molecular complexity index is 755. The molecular formula is C15H11N3S. The van der Waals surface area contributed by atoms with E-state index in [4.69, 9.17) is 5.26 Å². The second-order valence-electron chi connectivity index (χ2n) is 4.14. The fraction of sp³-hybridized carbons (Fsp3) is 0.0667. The van der Waals surface area contributed by atoms with Crippen molar-refractivity contribution in [2.24, 2.45) is 0 Å². The van der Waals surface area contributed by atoms with Crippen molar-refractivity contribution in [2.75, 3.05) is 0 Å². The van der Waals surface area contributed by atoms with Gasteiger partial charge in [-0.3, -0.25) is 4.40 Å². The molecule has 0 N–H and O–H groups in total. The standard InChI is InChI=1S/C15H11N3S/c16-9-12-4-3-5-13(8-12)11-19-15-17-10-14-6-1-2-7-18(14)15/h1-8,10H,11H2. The van der Waals surface area contributed by atoms with E-state index in [1.165, 1.54) is 0 Å². The predicted octanol–water partition coefficient (Wildman–Crippen LogP) is 3.50. The summed E-state index contributed by atoms with van der Waals surface area (Å²) in [6.45, 7) is 0. The zero-order valence-corrected chi connectivity index (χ0v) is 11.0. The first-order chi connectivity index (χ1) is 9.36. The Morgan fingerprint density at radius 1 is 1.21 bits per heavy atom. The Balaban J connectivity index is 1.81. The van der Waals surface area contributed by atoms with Crippen LogP contribution < -0.4 is 0 Å². The van der Waals surface area contributed by atoms with Crippen LogP contribution in [0.25, 0.3) is 5.52 Å². The molecule has 0 aliphatic carbocycles. The molecule has 2 aromatic heterocycles. The van der Waals surface area contributed by atoms with Crippen molar-refractivity contribution in [1.29, 1.82) is 5.26 Å². The van der Waals surface area contributed by atoms with E-state index in [0.717, 1.165) is 22.0 Å². The van der Waals surface area contributed by atoms with Crippen molar-refractivity contribution in [3.8, 4) is 6.07 Å². The van der Waals surface area contributed by atoms with E-state index in [1.807, 2.05) is 54.9 Å². The maximum absolute atomic E-state index is 8.88. The van der Waals surface area contributed by atoms with Crippen molar-refractivity contribution in [2.45, 2.75) is 10.9 Å². The Morgan fingerprint density at radius 2 is 2.16 bits per heavy atom. The van der Waals surface area contributed by atoms with Gasteiger partial charge in [-0.05, 0) is 29.8 Å². The molecule has 0 saturated heterocycles. The lowest BCUT2D eigenvalue weighted by atomic mass is 10.2. The molecule has 0 unspecified atom stereocenters. The third-order valence-corrected chi connectivity index (χ3v) is 3.87. The number of hydrogen-bond acceptors (Lipinski definition) is 3. The van der Waals surface area contributed by atoms with Crippen molar-refractivity contribution in [3.05, 3.63) is 66.0 Å². The Kier molecular flexibility index (Phi) is 3.21. The summed E-state index contributed by atoms with van der Waals surface area (Å²) in [6, 6.07) is 15.9. The lowest BCUT2D eigenvalue weighted by Gasteiger charge is -2.02. The number of nitrogens with zero attached hydrogens (tertiary/aromatic N) is 3. The van der Waals surface area contributed by atoms with E-state index in [-0.39, 0.29) is 0 Å². The summed E-state index contributed by atoms with van der Waals surface area (Å²) in [6.07, 6.45) is 3.88. The van der Waals surface area contributed by atoms with Gasteiger partial charge in [0.1, 0.15) is 0 Å². The molecule has 19 heavy (non-hydrogen) atoms. The van der Waals surface area contributed by atoms with E-state index in [0.29, 0.717) is 5.56 Å². The minimum Gasteiger partial charge on any atom is -0.295 e. The quantitative estimate of drug-likeness (QED) is 0.681. The van der Waals surface area contributed by atoms with Gasteiger partial charge in [-0.15, -0.1) is 0 Å². The van der Waals surface area contributed by atoms with Crippen molar-refractivity contribution < 1.29 is 0 Å². The van der Waals surface area contributed by atoms with Gasteiger partial charge in [0.2, 0.25) is 0 Å². The van der Waals surface area contributed by atoms with Gasteiger partial charge in [-0.2, -0.15) is 5.26 Å². The van der Waals surface area contributed by atoms with Crippen LogP contribution in [0.2, 0.25) is 0 Å². The number of rotatable bonds is 3. The van der Waals surface area contributed by atoms with Crippen molar-refractivity contribution >= 4 is 17.3 Å². The highest BCUT2D eigenvalue weighted by atomic mass is 32.2. The largest absolute Gasteiger partial charge is 0.295 e. The summed E-state index contributed by atoms with van der Waals surface area (Å²) in [5.74, 6) is 0.809. The van der Waals surface area contributed by atoms with Crippen LogP contribution in [0.4, 0.5) is 0 Å². The summed E-state index contributed by atoms with van der Waals surface area (Å²) >= 11 is 1.67. The molecule has 4 heteroatoms. The van der Waals surface area contributed by atoms with Gasteiger partial charge in [0, 0.05) is 11.9 Å². The number of nitriles is 1. The normalized spacial score (nSPS) is 10.5. The molecule has 0 spiro atoms. The molecule has 0 atom stereocenters.